The van der Waals surface area contributed by atoms with Crippen LogP contribution in [0.5, 0.6) is 0 Å². The molecule has 2 aromatic carbocycles. The standard InChI is InChI=1S/C32H30F5N5O4S/c1-6-26(43)40-12-13-41(18(4)16-40)29-22-15-24(34)27(21-11-10-19(33)14-23(21)32(35,36)37)38-30(22)42(31(44)39-29)28-20(17(2)3)8-7-9-25(28)47(5,45)46/h6-11,14-15,17-18H,1,12-13,16H2,2-5H3/t18-/m0/s1. The van der Waals surface area contributed by atoms with E-state index < -0.39 is 56.2 Å². The molecule has 47 heavy (non-hydrogen) atoms. The van der Waals surface area contributed by atoms with E-state index in [2.05, 4.69) is 16.5 Å². The molecular weight excluding hydrogens is 645 g/mol. The van der Waals surface area contributed by atoms with Gasteiger partial charge >= 0.3 is 11.9 Å². The fraction of sp³-hybridized carbons (Fsp3) is 0.312. The van der Waals surface area contributed by atoms with Crippen molar-refractivity contribution in [1.29, 1.82) is 0 Å². The van der Waals surface area contributed by atoms with Gasteiger partial charge in [0.2, 0.25) is 5.91 Å². The van der Waals surface area contributed by atoms with Gasteiger partial charge in [-0.15, -0.1) is 0 Å². The molecule has 248 valence electrons. The van der Waals surface area contributed by atoms with Crippen LogP contribution in [0.3, 0.4) is 0 Å². The topological polar surface area (TPSA) is 105 Å². The van der Waals surface area contributed by atoms with Crippen molar-refractivity contribution in [1.82, 2.24) is 19.4 Å². The van der Waals surface area contributed by atoms with E-state index in [0.29, 0.717) is 5.56 Å². The Kier molecular flexibility index (Phi) is 8.73. The lowest BCUT2D eigenvalue weighted by atomic mass is 10.0. The number of carbonyl (C=O) groups is 1. The van der Waals surface area contributed by atoms with E-state index in [9.17, 15) is 35.6 Å². The van der Waals surface area contributed by atoms with E-state index in [1.165, 1.54) is 17.0 Å². The van der Waals surface area contributed by atoms with Gasteiger partial charge in [0.25, 0.3) is 0 Å². The van der Waals surface area contributed by atoms with Gasteiger partial charge in [0.05, 0.1) is 21.5 Å². The number of halogens is 5. The number of sulfone groups is 1. The first-order chi connectivity index (χ1) is 21.9. The van der Waals surface area contributed by atoms with Crippen molar-refractivity contribution < 1.29 is 35.2 Å². The zero-order valence-electron chi connectivity index (χ0n) is 25.8. The Morgan fingerprint density at radius 1 is 1.09 bits per heavy atom. The number of pyridine rings is 1. The minimum Gasteiger partial charge on any atom is -0.350 e. The number of hydrogen-bond acceptors (Lipinski definition) is 7. The largest absolute Gasteiger partial charge is 0.417 e. The third-order valence-corrected chi connectivity index (χ3v) is 9.13. The van der Waals surface area contributed by atoms with E-state index >= 15 is 4.39 Å². The lowest BCUT2D eigenvalue weighted by Crippen LogP contribution is -2.54. The average molecular weight is 676 g/mol. The van der Waals surface area contributed by atoms with Crippen LogP contribution in [-0.4, -0.2) is 65.7 Å². The molecule has 1 atom stereocenters. The number of hydrogen-bond donors (Lipinski definition) is 0. The summed E-state index contributed by atoms with van der Waals surface area (Å²) >= 11 is 0. The number of anilines is 1. The molecule has 1 fully saturated rings. The van der Waals surface area contributed by atoms with Crippen molar-refractivity contribution in [3.8, 4) is 16.9 Å². The van der Waals surface area contributed by atoms with Crippen LogP contribution < -0.4 is 10.6 Å². The number of alkyl halides is 3. The summed E-state index contributed by atoms with van der Waals surface area (Å²) in [4.78, 5) is 37.8. The van der Waals surface area contributed by atoms with E-state index in [-0.39, 0.29) is 65.0 Å². The fourth-order valence-electron chi connectivity index (χ4n) is 5.82. The van der Waals surface area contributed by atoms with Crippen molar-refractivity contribution in [2.45, 2.75) is 43.8 Å². The molecule has 0 aliphatic carbocycles. The minimum absolute atomic E-state index is 0.0597. The second-order valence-electron chi connectivity index (χ2n) is 11.6. The van der Waals surface area contributed by atoms with Crippen LogP contribution in [0.1, 0.15) is 37.8 Å². The van der Waals surface area contributed by atoms with Crippen LogP contribution in [-0.2, 0) is 20.8 Å². The number of rotatable bonds is 6. The van der Waals surface area contributed by atoms with E-state index in [4.69, 9.17) is 0 Å². The summed E-state index contributed by atoms with van der Waals surface area (Å²) in [5.74, 6) is -3.18. The van der Waals surface area contributed by atoms with Gasteiger partial charge < -0.3 is 9.80 Å². The molecule has 1 amide bonds. The normalized spacial score (nSPS) is 15.8. The minimum atomic E-state index is -5.10. The van der Waals surface area contributed by atoms with Gasteiger partial charge in [-0.2, -0.15) is 18.2 Å². The van der Waals surface area contributed by atoms with E-state index in [0.717, 1.165) is 35.1 Å². The van der Waals surface area contributed by atoms with Crippen molar-refractivity contribution in [3.05, 3.63) is 88.4 Å². The van der Waals surface area contributed by atoms with Gasteiger partial charge in [-0.25, -0.2) is 31.5 Å². The summed E-state index contributed by atoms with van der Waals surface area (Å²) in [5.41, 5.74) is -4.28. The van der Waals surface area contributed by atoms with Gasteiger partial charge in [-0.1, -0.05) is 32.6 Å². The molecule has 0 N–H and O–H groups in total. The summed E-state index contributed by atoms with van der Waals surface area (Å²) in [6.45, 7) is 9.25. The Morgan fingerprint density at radius 2 is 1.79 bits per heavy atom. The van der Waals surface area contributed by atoms with Crippen LogP contribution in [0, 0.1) is 11.6 Å². The molecule has 0 radical (unpaired) electrons. The number of fused-ring (bicyclic) bond motifs is 1. The van der Waals surface area contributed by atoms with Crippen LogP contribution in [0.25, 0.3) is 28.0 Å². The maximum absolute atomic E-state index is 16.0. The Bertz CT molecular complexity index is 2100. The Hall–Kier alpha value is -4.66. The third kappa shape index (κ3) is 6.23. The highest BCUT2D eigenvalue weighted by Gasteiger charge is 2.36. The molecule has 5 rings (SSSR count). The lowest BCUT2D eigenvalue weighted by molar-refractivity contribution is -0.137. The van der Waals surface area contributed by atoms with Gasteiger partial charge in [0.1, 0.15) is 23.1 Å². The number of piperazine rings is 1. The van der Waals surface area contributed by atoms with Crippen LogP contribution in [0.4, 0.5) is 27.8 Å². The summed E-state index contributed by atoms with van der Waals surface area (Å²) in [6, 6.07) is 6.44. The Morgan fingerprint density at radius 3 is 2.38 bits per heavy atom. The van der Waals surface area contributed by atoms with E-state index in [1.807, 2.05) is 0 Å². The summed E-state index contributed by atoms with van der Waals surface area (Å²) in [7, 11) is -4.02. The molecule has 3 heterocycles. The molecule has 0 bridgehead atoms. The first-order valence-electron chi connectivity index (χ1n) is 14.5. The predicted octanol–water partition coefficient (Wildman–Crippen LogP) is 5.49. The molecule has 2 aromatic heterocycles. The number of benzene rings is 2. The molecule has 1 aliphatic rings. The quantitative estimate of drug-likeness (QED) is 0.197. The summed E-state index contributed by atoms with van der Waals surface area (Å²) in [5, 5.41) is -0.102. The van der Waals surface area contributed by atoms with Crippen LogP contribution in [0.2, 0.25) is 0 Å². The van der Waals surface area contributed by atoms with Crippen molar-refractivity contribution in [2.24, 2.45) is 0 Å². The van der Waals surface area contributed by atoms with Crippen molar-refractivity contribution >= 4 is 32.6 Å². The maximum atomic E-state index is 16.0. The molecule has 9 nitrogen and oxygen atoms in total. The first kappa shape index (κ1) is 33.7. The van der Waals surface area contributed by atoms with Gasteiger partial charge in [0.15, 0.2) is 15.5 Å². The van der Waals surface area contributed by atoms with E-state index in [1.54, 1.807) is 31.7 Å². The lowest BCUT2D eigenvalue weighted by Gasteiger charge is -2.40. The molecular formula is C32H30F5N5O4S. The number of aromatic nitrogens is 3. The maximum Gasteiger partial charge on any atom is 0.417 e. The van der Waals surface area contributed by atoms with Crippen LogP contribution >= 0.6 is 0 Å². The number of para-hydroxylation sites is 1. The summed E-state index contributed by atoms with van der Waals surface area (Å²) in [6.07, 6.45) is -3.01. The molecule has 4 aromatic rings. The Labute approximate surface area is 266 Å². The predicted molar refractivity (Wildman–Crippen MR) is 166 cm³/mol. The molecule has 0 unspecified atom stereocenters. The second kappa shape index (κ2) is 12.2. The summed E-state index contributed by atoms with van der Waals surface area (Å²) < 4.78 is 99.1. The van der Waals surface area contributed by atoms with Crippen molar-refractivity contribution in [3.63, 3.8) is 0 Å². The monoisotopic (exact) mass is 675 g/mol. The van der Waals surface area contributed by atoms with Crippen LogP contribution in [0.15, 0.2) is 64.8 Å². The van der Waals surface area contributed by atoms with Crippen molar-refractivity contribution in [2.75, 3.05) is 30.8 Å². The molecule has 0 spiro atoms. The molecule has 1 aliphatic heterocycles. The second-order valence-corrected chi connectivity index (χ2v) is 13.6. The zero-order valence-corrected chi connectivity index (χ0v) is 26.6. The fourth-order valence-corrected chi connectivity index (χ4v) is 6.70. The smallest absolute Gasteiger partial charge is 0.350 e. The third-order valence-electron chi connectivity index (χ3n) is 8.00. The Balaban J connectivity index is 1.91. The highest BCUT2D eigenvalue weighted by atomic mass is 32.2. The zero-order chi connectivity index (χ0) is 34.6. The van der Waals surface area contributed by atoms with Gasteiger partial charge in [-0.05, 0) is 54.8 Å². The molecule has 15 heteroatoms. The molecule has 0 saturated carbocycles. The SMILES string of the molecule is C=CC(=O)N1CCN(c2nc(=O)n(-c3c(C(C)C)cccc3S(C)(=O)=O)c3nc(-c4ccc(F)cc4C(F)(F)F)c(F)cc23)[C@@H](C)C1. The van der Waals surface area contributed by atoms with Gasteiger partial charge in [0, 0.05) is 37.5 Å². The average Bonchev–Trinajstić information content (AvgIpc) is 2.99. The molecule has 1 saturated heterocycles. The number of amides is 1. The first-order valence-corrected chi connectivity index (χ1v) is 16.3. The number of carbonyl (C=O) groups excluding carboxylic acids is 1. The highest BCUT2D eigenvalue weighted by molar-refractivity contribution is 7.90. The highest BCUT2D eigenvalue weighted by Crippen LogP contribution is 2.40. The number of nitrogens with zero attached hydrogens (tertiary/aromatic N) is 5. The van der Waals surface area contributed by atoms with Gasteiger partial charge in [-0.3, -0.25) is 4.79 Å².